The zero-order valence-corrected chi connectivity index (χ0v) is 33.9. The van der Waals surface area contributed by atoms with Gasteiger partial charge >= 0.3 is 45.5 Å². The van der Waals surface area contributed by atoms with Gasteiger partial charge in [-0.3, -0.25) is 37.6 Å². The molecule has 0 saturated carbocycles. The molecule has 26 nitrogen and oxygen atoms in total. The Kier molecular flexibility index (Phi) is 16.8. The highest BCUT2D eigenvalue weighted by Crippen LogP contribution is 2.62. The number of aliphatic hydroxyl groups is 2. The highest BCUT2D eigenvalue weighted by atomic mass is 31.3. The molecule has 2 aromatic rings. The van der Waals surface area contributed by atoms with Crippen molar-refractivity contribution < 1.29 is 99.6 Å². The lowest BCUT2D eigenvalue weighted by atomic mass is 9.93. The van der Waals surface area contributed by atoms with Crippen molar-refractivity contribution in [1.29, 1.82) is 0 Å². The van der Waals surface area contributed by atoms with Crippen molar-refractivity contribution in [2.75, 3.05) is 25.6 Å². The molecule has 2 aromatic heterocycles. The van der Waals surface area contributed by atoms with Crippen LogP contribution in [0.1, 0.15) is 61.1 Å². The Balaban J connectivity index is 1.94. The fraction of sp³-hybridized carbons (Fsp3) is 0.667. The largest absolute Gasteiger partial charge is 0.483 e. The number of hydrogen-bond acceptors (Lipinski definition) is 23. The first-order chi connectivity index (χ1) is 26.9. The van der Waals surface area contributed by atoms with Gasteiger partial charge in [0.15, 0.2) is 29.9 Å². The number of aliphatic hydroxyl groups excluding tert-OH is 2. The number of carbonyl (C=O) groups excluding carboxylic acids is 5. The number of phosphoric acid groups is 2. The number of ether oxygens (including phenoxy) is 7. The number of nitrogens with two attached hydrogens (primary N) is 1. The van der Waals surface area contributed by atoms with Crippen LogP contribution < -0.4 is 5.73 Å². The molecule has 0 aromatic carbocycles. The van der Waals surface area contributed by atoms with Gasteiger partial charge < -0.3 is 58.9 Å². The van der Waals surface area contributed by atoms with Gasteiger partial charge in [0.2, 0.25) is 6.29 Å². The lowest BCUT2D eigenvalue weighted by molar-refractivity contribution is -0.242. The standard InChI is InChI=1S/C30H45N5O21P2/c1-8-30(25(42)23(41)28(54-30)35-13-34-22-26(31)32-12-33-27(22)35)11-49-57(43,44)56-58(45,46)55-29(21(52-19(7)40)10-48-16(4)37)53-24(14(2)50-17(5)38)20(51-18(6)39)9-47-15(3)36/h12-14,20-21,23-25,28-29,41-42H,8-11H2,1-7H3,(H,43,44)(H,45,46)(H2,31,32,33)/t14-,20+,21+,23?,24?,25+,28?,29?,30?/m0/s1. The Morgan fingerprint density at radius 2 is 1.45 bits per heavy atom. The average molecular weight is 874 g/mol. The van der Waals surface area contributed by atoms with Crippen LogP contribution in [0.2, 0.25) is 0 Å². The first-order valence-corrected chi connectivity index (χ1v) is 20.0. The number of hydrogen-bond donors (Lipinski definition) is 5. The van der Waals surface area contributed by atoms with E-state index in [9.17, 15) is 53.1 Å². The number of anilines is 1. The van der Waals surface area contributed by atoms with Crippen molar-refractivity contribution in [1.82, 2.24) is 19.5 Å². The van der Waals surface area contributed by atoms with Gasteiger partial charge in [-0.15, -0.1) is 0 Å². The molecule has 58 heavy (non-hydrogen) atoms. The summed E-state index contributed by atoms with van der Waals surface area (Å²) < 4.78 is 79.4. The monoisotopic (exact) mass is 873 g/mol. The van der Waals surface area contributed by atoms with Gasteiger partial charge in [-0.1, -0.05) is 6.92 Å². The van der Waals surface area contributed by atoms with E-state index in [-0.39, 0.29) is 23.4 Å². The summed E-state index contributed by atoms with van der Waals surface area (Å²) in [5, 5.41) is 22.0. The Bertz CT molecular complexity index is 1900. The third-order valence-corrected chi connectivity index (χ3v) is 10.6. The van der Waals surface area contributed by atoms with Gasteiger partial charge in [-0.2, -0.15) is 4.31 Å². The van der Waals surface area contributed by atoms with Gasteiger partial charge in [-0.05, 0) is 13.3 Å². The molecule has 3 rings (SSSR count). The quantitative estimate of drug-likeness (QED) is 0.0465. The van der Waals surface area contributed by atoms with E-state index in [2.05, 4.69) is 19.3 Å². The first-order valence-electron chi connectivity index (χ1n) is 17.0. The van der Waals surface area contributed by atoms with Crippen molar-refractivity contribution in [3.05, 3.63) is 12.7 Å². The molecule has 1 saturated heterocycles. The van der Waals surface area contributed by atoms with E-state index >= 15 is 0 Å². The third kappa shape index (κ3) is 13.2. The molecule has 0 aliphatic carbocycles. The molecule has 0 amide bonds. The van der Waals surface area contributed by atoms with Crippen LogP contribution in [0.4, 0.5) is 5.82 Å². The summed E-state index contributed by atoms with van der Waals surface area (Å²) in [6, 6.07) is 0. The van der Waals surface area contributed by atoms with Gasteiger partial charge in [0.25, 0.3) is 0 Å². The van der Waals surface area contributed by atoms with E-state index < -0.39 is 120 Å². The minimum atomic E-state index is -6.01. The molecule has 1 fully saturated rings. The molecule has 1 aliphatic rings. The van der Waals surface area contributed by atoms with E-state index in [1.54, 1.807) is 0 Å². The maximum atomic E-state index is 13.5. The summed E-state index contributed by atoms with van der Waals surface area (Å²) in [6.45, 7) is 4.58. The average Bonchev–Trinajstić information content (AvgIpc) is 3.64. The number of nitrogens with zero attached hydrogens (tertiary/aromatic N) is 4. The number of nitrogen functional groups attached to an aromatic ring is 1. The summed E-state index contributed by atoms with van der Waals surface area (Å²) in [6.07, 6.45) is -12.4. The van der Waals surface area contributed by atoms with Gasteiger partial charge in [0, 0.05) is 34.6 Å². The molecular weight excluding hydrogens is 828 g/mol. The van der Waals surface area contributed by atoms with Crippen LogP contribution in [0.25, 0.3) is 11.2 Å². The molecule has 7 unspecified atom stereocenters. The Morgan fingerprint density at radius 3 is 2.00 bits per heavy atom. The molecule has 3 heterocycles. The van der Waals surface area contributed by atoms with Crippen molar-refractivity contribution >= 4 is 62.5 Å². The third-order valence-electron chi connectivity index (χ3n) is 8.00. The molecule has 28 heteroatoms. The predicted octanol–water partition coefficient (Wildman–Crippen LogP) is -0.289. The van der Waals surface area contributed by atoms with Gasteiger partial charge in [0.1, 0.15) is 55.1 Å². The van der Waals surface area contributed by atoms with Crippen LogP contribution in [-0.4, -0.2) is 138 Å². The van der Waals surface area contributed by atoms with Crippen LogP contribution in [0, 0.1) is 0 Å². The number of fused-ring (bicyclic) bond motifs is 1. The lowest BCUT2D eigenvalue weighted by Gasteiger charge is -2.35. The maximum Gasteiger partial charge on any atom is 0.483 e. The van der Waals surface area contributed by atoms with E-state index in [1.165, 1.54) is 24.7 Å². The van der Waals surface area contributed by atoms with Crippen LogP contribution in [0.15, 0.2) is 12.7 Å². The van der Waals surface area contributed by atoms with Gasteiger partial charge in [-0.25, -0.2) is 24.1 Å². The number of esters is 5. The Hall–Kier alpha value is -4.20. The minimum Gasteiger partial charge on any atom is -0.462 e. The normalized spacial score (nSPS) is 23.9. The van der Waals surface area contributed by atoms with Crippen molar-refractivity contribution in [3.63, 3.8) is 0 Å². The number of aromatic nitrogens is 4. The second-order valence-electron chi connectivity index (χ2n) is 12.5. The molecule has 11 atom stereocenters. The van der Waals surface area contributed by atoms with Crippen LogP contribution >= 0.6 is 15.6 Å². The smallest absolute Gasteiger partial charge is 0.462 e. The maximum absolute atomic E-state index is 13.5. The fourth-order valence-electron chi connectivity index (χ4n) is 5.49. The molecule has 6 N–H and O–H groups in total. The number of imidazole rings is 1. The van der Waals surface area contributed by atoms with Crippen molar-refractivity contribution in [3.8, 4) is 0 Å². The predicted molar refractivity (Wildman–Crippen MR) is 187 cm³/mol. The summed E-state index contributed by atoms with van der Waals surface area (Å²) in [4.78, 5) is 92.8. The summed E-state index contributed by atoms with van der Waals surface area (Å²) in [5.41, 5.74) is 4.08. The summed E-state index contributed by atoms with van der Waals surface area (Å²) in [7, 11) is -11.8. The van der Waals surface area contributed by atoms with Gasteiger partial charge in [0.05, 0.1) is 12.9 Å². The zero-order chi connectivity index (χ0) is 43.7. The summed E-state index contributed by atoms with van der Waals surface area (Å²) >= 11 is 0. The Labute approximate surface area is 329 Å². The topological polar surface area (TPSA) is 362 Å². The number of phosphoric ester groups is 2. The number of rotatable bonds is 21. The zero-order valence-electron chi connectivity index (χ0n) is 32.1. The molecule has 1 aliphatic heterocycles. The summed E-state index contributed by atoms with van der Waals surface area (Å²) in [5.74, 6) is -4.85. The van der Waals surface area contributed by atoms with Crippen molar-refractivity contribution in [2.45, 2.75) is 110 Å². The molecule has 0 bridgehead atoms. The van der Waals surface area contributed by atoms with Crippen molar-refractivity contribution in [2.24, 2.45) is 0 Å². The van der Waals surface area contributed by atoms with E-state index in [0.29, 0.717) is 0 Å². The van der Waals surface area contributed by atoms with E-state index in [4.69, 9.17) is 47.9 Å². The Morgan fingerprint density at radius 1 is 0.879 bits per heavy atom. The van der Waals surface area contributed by atoms with Crippen LogP contribution in [0.3, 0.4) is 0 Å². The minimum absolute atomic E-state index is 0.00489. The van der Waals surface area contributed by atoms with E-state index in [1.807, 2.05) is 0 Å². The van der Waals surface area contributed by atoms with E-state index in [0.717, 1.165) is 40.9 Å². The number of carbonyl (C=O) groups is 5. The van der Waals surface area contributed by atoms with Crippen LogP contribution in [-0.2, 0) is 79.6 Å². The second-order valence-corrected chi connectivity index (χ2v) is 15.5. The first kappa shape index (κ1) is 48.2. The van der Waals surface area contributed by atoms with Crippen LogP contribution in [0.5, 0.6) is 0 Å². The highest BCUT2D eigenvalue weighted by molar-refractivity contribution is 7.61. The second kappa shape index (κ2) is 20.2. The molecule has 0 spiro atoms. The molecular formula is C30H45N5O21P2. The fourth-order valence-corrected chi connectivity index (χ4v) is 7.70. The molecule has 0 radical (unpaired) electrons. The SMILES string of the molecule is CCC1(COP(=O)(O)OP(=O)(O)OC(OC([C@H](C)OC(C)=O)[C@@H](COC(C)=O)OC(C)=O)[C@@H](COC(C)=O)OC(C)=O)OC(n2cnc3c(N)ncnc32)C(O)[C@H]1O. The lowest BCUT2D eigenvalue weighted by Crippen LogP contribution is -2.50. The highest BCUT2D eigenvalue weighted by Gasteiger charge is 2.56. The molecule has 326 valence electrons.